The van der Waals surface area contributed by atoms with Crippen LogP contribution in [0.5, 0.6) is 5.75 Å². The van der Waals surface area contributed by atoms with E-state index in [-0.39, 0.29) is 37.0 Å². The largest absolute Gasteiger partial charge is 0.508 e. The van der Waals surface area contributed by atoms with Crippen LogP contribution in [0.25, 0.3) is 0 Å². The molecule has 0 saturated carbocycles. The predicted octanol–water partition coefficient (Wildman–Crippen LogP) is 0.946. The van der Waals surface area contributed by atoms with Gasteiger partial charge in [0.1, 0.15) is 17.8 Å². The van der Waals surface area contributed by atoms with E-state index in [1.54, 1.807) is 19.2 Å². The van der Waals surface area contributed by atoms with Crippen LogP contribution in [0.1, 0.15) is 18.1 Å². The van der Waals surface area contributed by atoms with Crippen LogP contribution in [-0.2, 0) is 36.7 Å². The standard InChI is InChI=1S/C25H33N3O6/c1-18(29)27-23(16-19-6-4-3-5-7-19)25(32)28-22(17-20-8-10-21(30)11-9-20)24(31)26-12-13-34-15-14-33-2/h3-11,22-23,30H,12-17H2,1-2H3,(H,26,31)(H,27,29)(H,28,32)/t22-,23+/m0/s1. The molecule has 0 aliphatic rings. The Hall–Kier alpha value is -3.43. The van der Waals surface area contributed by atoms with Crippen molar-refractivity contribution in [2.24, 2.45) is 0 Å². The molecule has 2 aromatic rings. The Morgan fingerprint density at radius 3 is 2.06 bits per heavy atom. The van der Waals surface area contributed by atoms with Crippen molar-refractivity contribution in [1.29, 1.82) is 0 Å². The predicted molar refractivity (Wildman–Crippen MR) is 127 cm³/mol. The minimum absolute atomic E-state index is 0.107. The molecule has 9 heteroatoms. The Bertz CT molecular complexity index is 905. The van der Waals surface area contributed by atoms with Crippen molar-refractivity contribution >= 4 is 17.7 Å². The number of nitrogens with one attached hydrogen (secondary N) is 3. The van der Waals surface area contributed by atoms with Crippen molar-refractivity contribution in [3.63, 3.8) is 0 Å². The molecule has 9 nitrogen and oxygen atoms in total. The van der Waals surface area contributed by atoms with Gasteiger partial charge < -0.3 is 30.5 Å². The summed E-state index contributed by atoms with van der Waals surface area (Å²) in [6.07, 6.45) is 0.494. The zero-order chi connectivity index (χ0) is 24.8. The third-order valence-corrected chi connectivity index (χ3v) is 4.96. The quantitative estimate of drug-likeness (QED) is 0.304. The first-order chi connectivity index (χ1) is 16.4. The zero-order valence-electron chi connectivity index (χ0n) is 19.6. The Morgan fingerprint density at radius 1 is 0.824 bits per heavy atom. The first-order valence-corrected chi connectivity index (χ1v) is 11.1. The molecule has 0 aromatic heterocycles. The number of carbonyl (C=O) groups excluding carboxylic acids is 3. The Labute approximate surface area is 199 Å². The molecule has 184 valence electrons. The summed E-state index contributed by atoms with van der Waals surface area (Å²) in [7, 11) is 1.58. The van der Waals surface area contributed by atoms with Gasteiger partial charge in [0.2, 0.25) is 17.7 Å². The van der Waals surface area contributed by atoms with Gasteiger partial charge in [-0.3, -0.25) is 14.4 Å². The highest BCUT2D eigenvalue weighted by Crippen LogP contribution is 2.12. The van der Waals surface area contributed by atoms with Crippen molar-refractivity contribution in [3.05, 3.63) is 65.7 Å². The zero-order valence-corrected chi connectivity index (χ0v) is 19.6. The second kappa shape index (κ2) is 14.7. The minimum Gasteiger partial charge on any atom is -0.508 e. The molecule has 34 heavy (non-hydrogen) atoms. The lowest BCUT2D eigenvalue weighted by Crippen LogP contribution is -2.55. The van der Waals surface area contributed by atoms with Gasteiger partial charge in [-0.05, 0) is 23.3 Å². The van der Waals surface area contributed by atoms with E-state index in [1.165, 1.54) is 19.1 Å². The maximum absolute atomic E-state index is 13.1. The van der Waals surface area contributed by atoms with Crippen molar-refractivity contribution in [3.8, 4) is 5.75 Å². The van der Waals surface area contributed by atoms with Gasteiger partial charge in [-0.2, -0.15) is 0 Å². The number of aromatic hydroxyl groups is 1. The van der Waals surface area contributed by atoms with Gasteiger partial charge in [0.05, 0.1) is 19.8 Å². The first kappa shape index (κ1) is 26.8. The number of rotatable bonds is 14. The average molecular weight is 472 g/mol. The molecular weight excluding hydrogens is 438 g/mol. The molecule has 0 aliphatic carbocycles. The molecule has 4 N–H and O–H groups in total. The summed E-state index contributed by atoms with van der Waals surface area (Å²) in [5.74, 6) is -1.08. The van der Waals surface area contributed by atoms with Crippen molar-refractivity contribution in [2.45, 2.75) is 31.8 Å². The molecule has 0 radical (unpaired) electrons. The van der Waals surface area contributed by atoms with Crippen LogP contribution in [0.15, 0.2) is 54.6 Å². The molecule has 2 rings (SSSR count). The molecule has 0 bridgehead atoms. The Morgan fingerprint density at radius 2 is 1.44 bits per heavy atom. The van der Waals surface area contributed by atoms with E-state index >= 15 is 0 Å². The lowest BCUT2D eigenvalue weighted by atomic mass is 10.0. The lowest BCUT2D eigenvalue weighted by molar-refractivity contribution is -0.131. The van der Waals surface area contributed by atoms with Crippen molar-refractivity contribution < 1.29 is 29.0 Å². The summed E-state index contributed by atoms with van der Waals surface area (Å²) in [4.78, 5) is 37.7. The molecule has 3 amide bonds. The normalized spacial score (nSPS) is 12.4. The minimum atomic E-state index is -0.886. The number of carbonyl (C=O) groups is 3. The van der Waals surface area contributed by atoms with Crippen LogP contribution in [0.4, 0.5) is 0 Å². The fraction of sp³-hybridized carbons (Fsp3) is 0.400. The number of amides is 3. The van der Waals surface area contributed by atoms with Crippen LogP contribution < -0.4 is 16.0 Å². The van der Waals surface area contributed by atoms with Crippen LogP contribution in [-0.4, -0.2) is 68.4 Å². The fourth-order valence-electron chi connectivity index (χ4n) is 3.27. The maximum atomic E-state index is 13.1. The third-order valence-electron chi connectivity index (χ3n) is 4.96. The number of phenols is 1. The summed E-state index contributed by atoms with van der Waals surface area (Å²) in [5, 5.41) is 17.8. The molecule has 0 fully saturated rings. The number of benzene rings is 2. The smallest absolute Gasteiger partial charge is 0.243 e. The summed E-state index contributed by atoms with van der Waals surface area (Å²) in [5.41, 5.74) is 1.64. The second-order valence-corrected chi connectivity index (χ2v) is 7.77. The van der Waals surface area contributed by atoms with E-state index in [0.717, 1.165) is 11.1 Å². The number of methoxy groups -OCH3 is 1. The highest BCUT2D eigenvalue weighted by Gasteiger charge is 2.26. The van der Waals surface area contributed by atoms with Gasteiger partial charge in [-0.25, -0.2) is 0 Å². The fourth-order valence-corrected chi connectivity index (χ4v) is 3.27. The van der Waals surface area contributed by atoms with Crippen molar-refractivity contribution in [2.75, 3.05) is 33.5 Å². The average Bonchev–Trinajstić information content (AvgIpc) is 2.82. The Balaban J connectivity index is 2.08. The van der Waals surface area contributed by atoms with Crippen molar-refractivity contribution in [1.82, 2.24) is 16.0 Å². The number of hydrogen-bond acceptors (Lipinski definition) is 6. The van der Waals surface area contributed by atoms with Crippen LogP contribution in [0.3, 0.4) is 0 Å². The molecule has 0 aliphatic heterocycles. The summed E-state index contributed by atoms with van der Waals surface area (Å²) in [6, 6.07) is 14.0. The topological polar surface area (TPSA) is 126 Å². The van der Waals surface area contributed by atoms with Crippen LogP contribution in [0.2, 0.25) is 0 Å². The van der Waals surface area contributed by atoms with Gasteiger partial charge in [0.25, 0.3) is 0 Å². The molecule has 2 atom stereocenters. The maximum Gasteiger partial charge on any atom is 0.243 e. The second-order valence-electron chi connectivity index (χ2n) is 7.77. The monoisotopic (exact) mass is 471 g/mol. The van der Waals surface area contributed by atoms with E-state index in [4.69, 9.17) is 9.47 Å². The number of phenolic OH excluding ortho intramolecular Hbond substituents is 1. The van der Waals surface area contributed by atoms with Gasteiger partial charge in [0.15, 0.2) is 0 Å². The molecular formula is C25H33N3O6. The summed E-state index contributed by atoms with van der Waals surface area (Å²) >= 11 is 0. The van der Waals surface area contributed by atoms with Gasteiger partial charge in [-0.1, -0.05) is 42.5 Å². The van der Waals surface area contributed by atoms with Gasteiger partial charge >= 0.3 is 0 Å². The van der Waals surface area contributed by atoms with Crippen LogP contribution in [0, 0.1) is 0 Å². The Kier molecular flexibility index (Phi) is 11.6. The van der Waals surface area contributed by atoms with Gasteiger partial charge in [-0.15, -0.1) is 0 Å². The molecule has 0 heterocycles. The molecule has 0 spiro atoms. The SMILES string of the molecule is COCCOCCNC(=O)[C@H](Cc1ccc(O)cc1)NC(=O)[C@@H](Cc1ccccc1)NC(C)=O. The summed E-state index contributed by atoms with van der Waals surface area (Å²) in [6.45, 7) is 2.79. The highest BCUT2D eigenvalue weighted by molar-refractivity contribution is 5.92. The van der Waals surface area contributed by atoms with E-state index in [0.29, 0.717) is 19.8 Å². The van der Waals surface area contributed by atoms with E-state index < -0.39 is 18.0 Å². The van der Waals surface area contributed by atoms with Crippen LogP contribution >= 0.6 is 0 Å². The van der Waals surface area contributed by atoms with E-state index in [1.807, 2.05) is 30.3 Å². The van der Waals surface area contributed by atoms with Gasteiger partial charge in [0, 0.05) is 33.4 Å². The third kappa shape index (κ3) is 10.0. The molecule has 0 unspecified atom stereocenters. The number of hydrogen-bond donors (Lipinski definition) is 4. The summed E-state index contributed by atoms with van der Waals surface area (Å²) < 4.78 is 10.3. The van der Waals surface area contributed by atoms with E-state index in [2.05, 4.69) is 16.0 Å². The molecule has 0 saturated heterocycles. The van der Waals surface area contributed by atoms with E-state index in [9.17, 15) is 19.5 Å². The first-order valence-electron chi connectivity index (χ1n) is 11.1. The highest BCUT2D eigenvalue weighted by atomic mass is 16.5. The lowest BCUT2D eigenvalue weighted by Gasteiger charge is -2.23. The number of ether oxygens (including phenoxy) is 2. The molecule has 2 aromatic carbocycles.